The van der Waals surface area contributed by atoms with E-state index in [0.29, 0.717) is 19.1 Å². The molecule has 6 heteroatoms. The summed E-state index contributed by atoms with van der Waals surface area (Å²) in [5.41, 5.74) is 7.90. The van der Waals surface area contributed by atoms with Crippen molar-refractivity contribution in [2.75, 3.05) is 32.7 Å². The Hall–Kier alpha value is -2.48. The summed E-state index contributed by atoms with van der Waals surface area (Å²) in [5.74, 6) is 0. The van der Waals surface area contributed by atoms with E-state index in [1.54, 1.807) is 0 Å². The van der Waals surface area contributed by atoms with Crippen molar-refractivity contribution < 1.29 is 5.11 Å². The third-order valence-electron chi connectivity index (χ3n) is 8.22. The van der Waals surface area contributed by atoms with Crippen LogP contribution in [-0.2, 0) is 6.54 Å². The number of nitrogens with zero attached hydrogens (tertiary/aromatic N) is 3. The lowest BCUT2D eigenvalue weighted by Gasteiger charge is -2.39. The highest BCUT2D eigenvalue weighted by molar-refractivity contribution is 9.10. The van der Waals surface area contributed by atoms with Gasteiger partial charge in [-0.3, -0.25) is 9.80 Å². The number of rotatable bonds is 5. The first-order valence-corrected chi connectivity index (χ1v) is 14.8. The molecule has 192 valence electrons. The second-order valence-corrected chi connectivity index (χ2v) is 12.3. The first kappa shape index (κ1) is 24.6. The first-order valence-electron chi connectivity index (χ1n) is 13.3. The Morgan fingerprint density at radius 3 is 1.76 bits per heavy atom. The SMILES string of the molecule is O[C@@H](CN1CCN(C2c3ccccc3-c3ccccc32)CC1)Cn1c2ccc(Br)cc2c2cc(Br)ccc21. The molecule has 1 aliphatic heterocycles. The molecule has 0 radical (unpaired) electrons. The van der Waals surface area contributed by atoms with E-state index in [0.717, 1.165) is 46.2 Å². The Balaban J connectivity index is 1.07. The van der Waals surface area contributed by atoms with Crippen LogP contribution < -0.4 is 0 Å². The van der Waals surface area contributed by atoms with E-state index < -0.39 is 6.10 Å². The Kier molecular flexibility index (Phi) is 6.41. The summed E-state index contributed by atoms with van der Waals surface area (Å²) in [4.78, 5) is 5.05. The quantitative estimate of drug-likeness (QED) is 0.225. The van der Waals surface area contributed by atoms with Gasteiger partial charge in [-0.25, -0.2) is 0 Å². The van der Waals surface area contributed by atoms with Crippen LogP contribution in [0.5, 0.6) is 0 Å². The van der Waals surface area contributed by atoms with Crippen LogP contribution in [-0.4, -0.2) is 58.3 Å². The number of benzene rings is 4. The van der Waals surface area contributed by atoms with Gasteiger partial charge in [0.1, 0.15) is 0 Å². The lowest BCUT2D eigenvalue weighted by molar-refractivity contribution is 0.0571. The van der Waals surface area contributed by atoms with Gasteiger partial charge in [0, 0.05) is 63.5 Å². The minimum Gasteiger partial charge on any atom is -0.390 e. The summed E-state index contributed by atoms with van der Waals surface area (Å²) < 4.78 is 4.40. The van der Waals surface area contributed by atoms with E-state index in [1.807, 2.05) is 0 Å². The van der Waals surface area contributed by atoms with Crippen LogP contribution in [0, 0.1) is 0 Å². The molecular weight excluding hydrogens is 602 g/mol. The molecule has 0 spiro atoms. The molecule has 5 aromatic rings. The lowest BCUT2D eigenvalue weighted by Crippen LogP contribution is -2.49. The number of piperazine rings is 1. The molecule has 4 nitrogen and oxygen atoms in total. The minimum atomic E-state index is -0.444. The molecule has 1 saturated heterocycles. The normalized spacial score (nSPS) is 17.2. The lowest BCUT2D eigenvalue weighted by atomic mass is 10.0. The standard InChI is InChI=1S/C32H29Br2N3O/c33-21-9-11-30-28(17-21)29-18-22(34)10-12-31(29)37(30)20-23(38)19-35-13-15-36(16-14-35)32-26-7-3-1-5-24(26)25-6-2-4-8-27(25)32/h1-12,17-18,23,32,38H,13-16,19-20H2/t23-/m0/s1. The summed E-state index contributed by atoms with van der Waals surface area (Å²) in [5, 5.41) is 13.6. The van der Waals surface area contributed by atoms with Crippen LogP contribution in [0.1, 0.15) is 17.2 Å². The van der Waals surface area contributed by atoms with E-state index in [2.05, 4.69) is 131 Å². The predicted octanol–water partition coefficient (Wildman–Crippen LogP) is 7.07. The average Bonchev–Trinajstić information content (AvgIpc) is 3.41. The molecule has 1 atom stereocenters. The number of aromatic nitrogens is 1. The van der Waals surface area contributed by atoms with Gasteiger partial charge in [0.15, 0.2) is 0 Å². The Labute approximate surface area is 239 Å². The van der Waals surface area contributed by atoms with Gasteiger partial charge in [0.05, 0.1) is 18.7 Å². The molecule has 4 aromatic carbocycles. The summed E-state index contributed by atoms with van der Waals surface area (Å²) >= 11 is 7.26. The van der Waals surface area contributed by atoms with Gasteiger partial charge in [-0.2, -0.15) is 0 Å². The maximum Gasteiger partial charge on any atom is 0.0845 e. The zero-order chi connectivity index (χ0) is 25.8. The molecule has 0 saturated carbocycles. The number of hydrogen-bond acceptors (Lipinski definition) is 3. The third kappa shape index (κ3) is 4.23. The molecule has 0 bridgehead atoms. The molecule has 38 heavy (non-hydrogen) atoms. The number of halogens is 2. The fraction of sp³-hybridized carbons (Fsp3) is 0.250. The molecule has 0 amide bonds. The van der Waals surface area contributed by atoms with E-state index in [-0.39, 0.29) is 0 Å². The van der Waals surface area contributed by atoms with Gasteiger partial charge in [-0.1, -0.05) is 80.4 Å². The van der Waals surface area contributed by atoms with Crippen LogP contribution >= 0.6 is 31.9 Å². The van der Waals surface area contributed by atoms with Crippen LogP contribution in [0.15, 0.2) is 93.9 Å². The first-order chi connectivity index (χ1) is 18.6. The largest absolute Gasteiger partial charge is 0.390 e. The highest BCUT2D eigenvalue weighted by Crippen LogP contribution is 2.46. The van der Waals surface area contributed by atoms with Crippen LogP contribution in [0.3, 0.4) is 0 Å². The van der Waals surface area contributed by atoms with Gasteiger partial charge in [0.25, 0.3) is 0 Å². The zero-order valence-corrected chi connectivity index (χ0v) is 24.2. The number of aliphatic hydroxyl groups excluding tert-OH is 1. The number of aliphatic hydroxyl groups is 1. The van der Waals surface area contributed by atoms with E-state index in [4.69, 9.17) is 0 Å². The maximum atomic E-state index is 11.2. The fourth-order valence-electron chi connectivity index (χ4n) is 6.54. The zero-order valence-electron chi connectivity index (χ0n) is 21.0. The second-order valence-electron chi connectivity index (χ2n) is 10.5. The topological polar surface area (TPSA) is 31.6 Å². The van der Waals surface area contributed by atoms with Gasteiger partial charge in [-0.05, 0) is 58.7 Å². The van der Waals surface area contributed by atoms with Crippen molar-refractivity contribution >= 4 is 53.7 Å². The van der Waals surface area contributed by atoms with Crippen molar-refractivity contribution in [3.8, 4) is 11.1 Å². The van der Waals surface area contributed by atoms with E-state index >= 15 is 0 Å². The van der Waals surface area contributed by atoms with Crippen molar-refractivity contribution in [3.05, 3.63) is 105 Å². The van der Waals surface area contributed by atoms with Crippen LogP contribution in [0.2, 0.25) is 0 Å². The predicted molar refractivity (Wildman–Crippen MR) is 163 cm³/mol. The van der Waals surface area contributed by atoms with Crippen molar-refractivity contribution in [1.29, 1.82) is 0 Å². The van der Waals surface area contributed by atoms with Gasteiger partial charge in [0.2, 0.25) is 0 Å². The molecule has 2 heterocycles. The number of hydrogen-bond donors (Lipinski definition) is 1. The molecule has 7 rings (SSSR count). The highest BCUT2D eigenvalue weighted by Gasteiger charge is 2.34. The van der Waals surface area contributed by atoms with Crippen molar-refractivity contribution in [1.82, 2.24) is 14.4 Å². The van der Waals surface area contributed by atoms with Crippen molar-refractivity contribution in [2.45, 2.75) is 18.7 Å². The molecule has 1 fully saturated rings. The third-order valence-corrected chi connectivity index (χ3v) is 9.21. The summed E-state index contributed by atoms with van der Waals surface area (Å²) in [6.07, 6.45) is -0.444. The van der Waals surface area contributed by atoms with Gasteiger partial charge in [-0.15, -0.1) is 0 Å². The van der Waals surface area contributed by atoms with Crippen LogP contribution in [0.25, 0.3) is 32.9 Å². The summed E-state index contributed by atoms with van der Waals surface area (Å²) in [6.45, 7) is 5.18. The second kappa shape index (κ2) is 9.92. The Morgan fingerprint density at radius 2 is 1.21 bits per heavy atom. The molecule has 2 aliphatic rings. The van der Waals surface area contributed by atoms with E-state index in [1.165, 1.54) is 33.0 Å². The molecule has 1 aromatic heterocycles. The summed E-state index contributed by atoms with van der Waals surface area (Å²) in [7, 11) is 0. The Morgan fingerprint density at radius 1 is 0.684 bits per heavy atom. The van der Waals surface area contributed by atoms with Gasteiger partial charge >= 0.3 is 0 Å². The number of β-amino-alcohol motifs (C(OH)–C–C–N with tert-alkyl or cyclic N) is 1. The maximum absolute atomic E-state index is 11.2. The molecule has 0 unspecified atom stereocenters. The molecule has 1 aliphatic carbocycles. The number of fused-ring (bicyclic) bond motifs is 6. The summed E-state index contributed by atoms with van der Waals surface area (Å²) in [6, 6.07) is 30.8. The van der Waals surface area contributed by atoms with Gasteiger partial charge < -0.3 is 9.67 Å². The minimum absolute atomic E-state index is 0.325. The molecule has 1 N–H and O–H groups in total. The molecular formula is C32H29Br2N3O. The van der Waals surface area contributed by atoms with Crippen molar-refractivity contribution in [3.63, 3.8) is 0 Å². The van der Waals surface area contributed by atoms with E-state index in [9.17, 15) is 5.11 Å². The monoisotopic (exact) mass is 629 g/mol. The highest BCUT2D eigenvalue weighted by atomic mass is 79.9. The van der Waals surface area contributed by atoms with Crippen LogP contribution in [0.4, 0.5) is 0 Å². The smallest absolute Gasteiger partial charge is 0.0845 e. The Bertz CT molecular complexity index is 1550. The fourth-order valence-corrected chi connectivity index (χ4v) is 7.26. The van der Waals surface area contributed by atoms with Crippen molar-refractivity contribution in [2.24, 2.45) is 0 Å². The average molecular weight is 631 g/mol.